The number of aryl methyl sites for hydroxylation is 1. The van der Waals surface area contributed by atoms with Gasteiger partial charge in [-0.2, -0.15) is 0 Å². The molecular formula is C23H28N2O. The van der Waals surface area contributed by atoms with Gasteiger partial charge >= 0.3 is 0 Å². The molecule has 0 amide bonds. The van der Waals surface area contributed by atoms with Gasteiger partial charge in [0.25, 0.3) is 0 Å². The summed E-state index contributed by atoms with van der Waals surface area (Å²) in [4.78, 5) is 5.43. The van der Waals surface area contributed by atoms with Crippen molar-refractivity contribution >= 4 is 5.69 Å². The molecule has 4 aliphatic rings. The molecule has 0 aromatic heterocycles. The Balaban J connectivity index is 1.31. The average Bonchev–Trinajstić information content (AvgIpc) is 3.11. The van der Waals surface area contributed by atoms with Gasteiger partial charge < -0.3 is 9.64 Å². The summed E-state index contributed by atoms with van der Waals surface area (Å²) in [6, 6.07) is 19.0. The second-order valence-electron chi connectivity index (χ2n) is 8.13. The number of methoxy groups -OCH3 is 1. The summed E-state index contributed by atoms with van der Waals surface area (Å²) in [7, 11) is 1.77. The third kappa shape index (κ3) is 2.79. The van der Waals surface area contributed by atoms with Crippen molar-refractivity contribution in [3.63, 3.8) is 0 Å². The molecule has 3 saturated heterocycles. The van der Waals surface area contributed by atoms with E-state index in [0.29, 0.717) is 18.0 Å². The zero-order valence-electron chi connectivity index (χ0n) is 15.6. The predicted molar refractivity (Wildman–Crippen MR) is 106 cm³/mol. The first-order valence-electron chi connectivity index (χ1n) is 10.0. The van der Waals surface area contributed by atoms with Crippen molar-refractivity contribution < 1.29 is 4.74 Å². The fraction of sp³-hybridized carbons (Fsp3) is 0.478. The minimum absolute atomic E-state index is 0.671. The topological polar surface area (TPSA) is 15.7 Å². The maximum absolute atomic E-state index is 5.47. The van der Waals surface area contributed by atoms with Crippen molar-refractivity contribution in [1.29, 1.82) is 0 Å². The lowest BCUT2D eigenvalue weighted by atomic mass is 9.88. The summed E-state index contributed by atoms with van der Waals surface area (Å²) >= 11 is 0. The van der Waals surface area contributed by atoms with Crippen LogP contribution in [-0.2, 0) is 6.42 Å². The number of fused-ring (bicyclic) bond motifs is 4. The number of para-hydroxylation sites is 1. The van der Waals surface area contributed by atoms with E-state index in [2.05, 4.69) is 58.3 Å². The van der Waals surface area contributed by atoms with Gasteiger partial charge in [0.2, 0.25) is 0 Å². The predicted octanol–water partition coefficient (Wildman–Crippen LogP) is 4.08. The Hall–Kier alpha value is -2.00. The normalized spacial score (nSPS) is 27.6. The molecule has 3 heterocycles. The van der Waals surface area contributed by atoms with E-state index >= 15 is 0 Å². The van der Waals surface area contributed by atoms with Crippen molar-refractivity contribution in [1.82, 2.24) is 4.90 Å². The number of piperidine rings is 2. The van der Waals surface area contributed by atoms with E-state index in [9.17, 15) is 0 Å². The SMILES string of the molecule is COc1ccc2c(c1)[C@@H](CN1C[C@@H]3CC[C@@H]1CN3c1ccccc1)CC2. The number of piperazine rings is 1. The summed E-state index contributed by atoms with van der Waals surface area (Å²) in [5.74, 6) is 1.68. The van der Waals surface area contributed by atoms with Gasteiger partial charge in [-0.15, -0.1) is 0 Å². The van der Waals surface area contributed by atoms with Gasteiger partial charge in [-0.3, -0.25) is 4.90 Å². The molecule has 2 bridgehead atoms. The highest BCUT2D eigenvalue weighted by Crippen LogP contribution is 2.39. The molecule has 3 fully saturated rings. The van der Waals surface area contributed by atoms with Gasteiger partial charge in [0.05, 0.1) is 7.11 Å². The van der Waals surface area contributed by atoms with E-state index in [0.717, 1.165) is 5.75 Å². The average molecular weight is 348 g/mol. The Morgan fingerprint density at radius 3 is 2.58 bits per heavy atom. The number of hydrogen-bond acceptors (Lipinski definition) is 3. The third-order valence-electron chi connectivity index (χ3n) is 6.74. The van der Waals surface area contributed by atoms with E-state index in [-0.39, 0.29) is 0 Å². The number of ether oxygens (including phenoxy) is 1. The van der Waals surface area contributed by atoms with Gasteiger partial charge in [-0.05, 0) is 67.0 Å². The number of benzene rings is 2. The Morgan fingerprint density at radius 1 is 0.962 bits per heavy atom. The van der Waals surface area contributed by atoms with E-state index in [4.69, 9.17) is 4.74 Å². The van der Waals surface area contributed by atoms with Crippen molar-refractivity contribution in [3.05, 3.63) is 59.7 Å². The van der Waals surface area contributed by atoms with E-state index in [1.54, 1.807) is 7.11 Å². The summed E-state index contributed by atoms with van der Waals surface area (Å²) in [6.45, 7) is 3.62. The molecule has 0 saturated carbocycles. The van der Waals surface area contributed by atoms with Gasteiger partial charge in [0.1, 0.15) is 5.75 Å². The van der Waals surface area contributed by atoms with Gasteiger partial charge in [0, 0.05) is 37.4 Å². The summed E-state index contributed by atoms with van der Waals surface area (Å²) < 4.78 is 5.47. The lowest BCUT2D eigenvalue weighted by molar-refractivity contribution is 0.0894. The highest BCUT2D eigenvalue weighted by Gasteiger charge is 2.40. The van der Waals surface area contributed by atoms with Crippen LogP contribution in [0.3, 0.4) is 0 Å². The molecule has 3 heteroatoms. The summed E-state index contributed by atoms with van der Waals surface area (Å²) in [6.07, 6.45) is 5.21. The molecule has 3 nitrogen and oxygen atoms in total. The lowest BCUT2D eigenvalue weighted by Gasteiger charge is -2.53. The van der Waals surface area contributed by atoms with Crippen LogP contribution in [0.4, 0.5) is 5.69 Å². The van der Waals surface area contributed by atoms with Gasteiger partial charge in [-0.1, -0.05) is 24.3 Å². The zero-order chi connectivity index (χ0) is 17.5. The van der Waals surface area contributed by atoms with Crippen LogP contribution in [0.1, 0.15) is 36.3 Å². The number of nitrogens with zero attached hydrogens (tertiary/aromatic N) is 2. The molecule has 2 aromatic carbocycles. The minimum Gasteiger partial charge on any atom is -0.497 e. The number of rotatable bonds is 4. The fourth-order valence-electron chi connectivity index (χ4n) is 5.34. The van der Waals surface area contributed by atoms with E-state index in [1.807, 2.05) is 0 Å². The first-order valence-corrected chi connectivity index (χ1v) is 10.0. The van der Waals surface area contributed by atoms with Crippen LogP contribution >= 0.6 is 0 Å². The third-order valence-corrected chi connectivity index (χ3v) is 6.74. The minimum atomic E-state index is 0.671. The Bertz CT molecular complexity index is 775. The molecule has 3 aliphatic heterocycles. The first-order chi connectivity index (χ1) is 12.8. The highest BCUT2D eigenvalue weighted by molar-refractivity contribution is 5.49. The standard InChI is InChI=1S/C23H28N2O/c1-26-22-12-9-17-7-8-18(23(17)13-22)14-24-15-21-11-10-20(24)16-25(21)19-5-3-2-4-6-19/h2-6,9,12-13,18,20-21H,7-8,10-11,14-16H2,1H3/t18-,20-,21+/m1/s1. The molecule has 0 spiro atoms. The first kappa shape index (κ1) is 16.2. The molecule has 6 rings (SSSR count). The largest absolute Gasteiger partial charge is 0.497 e. The smallest absolute Gasteiger partial charge is 0.119 e. The van der Waals surface area contributed by atoms with Crippen LogP contribution in [0, 0.1) is 0 Å². The van der Waals surface area contributed by atoms with E-state index in [1.165, 1.54) is 62.1 Å². The second-order valence-corrected chi connectivity index (χ2v) is 8.13. The Labute approximate surface area is 156 Å². The quantitative estimate of drug-likeness (QED) is 0.828. The maximum Gasteiger partial charge on any atom is 0.119 e. The lowest BCUT2D eigenvalue weighted by Crippen LogP contribution is -2.63. The maximum atomic E-state index is 5.47. The molecule has 0 N–H and O–H groups in total. The second kappa shape index (κ2) is 6.62. The molecular weight excluding hydrogens is 320 g/mol. The van der Waals surface area contributed by atoms with Crippen LogP contribution in [0.5, 0.6) is 5.75 Å². The molecule has 2 aromatic rings. The molecule has 3 atom stereocenters. The molecule has 0 radical (unpaired) electrons. The molecule has 26 heavy (non-hydrogen) atoms. The van der Waals surface area contributed by atoms with Gasteiger partial charge in [-0.25, -0.2) is 0 Å². The van der Waals surface area contributed by atoms with Crippen molar-refractivity contribution in [2.45, 2.75) is 43.7 Å². The molecule has 0 unspecified atom stereocenters. The van der Waals surface area contributed by atoms with Crippen LogP contribution in [0.25, 0.3) is 0 Å². The highest BCUT2D eigenvalue weighted by atomic mass is 16.5. The van der Waals surface area contributed by atoms with Gasteiger partial charge in [0.15, 0.2) is 0 Å². The van der Waals surface area contributed by atoms with Crippen molar-refractivity contribution in [2.24, 2.45) is 0 Å². The number of anilines is 1. The summed E-state index contributed by atoms with van der Waals surface area (Å²) in [5, 5.41) is 0. The van der Waals surface area contributed by atoms with Crippen LogP contribution in [-0.4, -0.2) is 43.7 Å². The molecule has 136 valence electrons. The fourth-order valence-corrected chi connectivity index (χ4v) is 5.34. The summed E-state index contributed by atoms with van der Waals surface area (Å²) in [5.41, 5.74) is 4.47. The zero-order valence-corrected chi connectivity index (χ0v) is 15.6. The molecule has 1 aliphatic carbocycles. The Morgan fingerprint density at radius 2 is 1.81 bits per heavy atom. The van der Waals surface area contributed by atoms with Crippen LogP contribution in [0.15, 0.2) is 48.5 Å². The van der Waals surface area contributed by atoms with Crippen LogP contribution in [0.2, 0.25) is 0 Å². The van der Waals surface area contributed by atoms with Crippen molar-refractivity contribution in [3.8, 4) is 5.75 Å². The van der Waals surface area contributed by atoms with E-state index < -0.39 is 0 Å². The van der Waals surface area contributed by atoms with Crippen LogP contribution < -0.4 is 9.64 Å². The monoisotopic (exact) mass is 348 g/mol. The number of hydrogen-bond donors (Lipinski definition) is 0. The Kier molecular flexibility index (Phi) is 4.12. The van der Waals surface area contributed by atoms with Crippen molar-refractivity contribution in [2.75, 3.05) is 31.6 Å².